The summed E-state index contributed by atoms with van der Waals surface area (Å²) in [7, 11) is 0. The lowest BCUT2D eigenvalue weighted by Crippen LogP contribution is -2.50. The highest BCUT2D eigenvalue weighted by Crippen LogP contribution is 1.88. The quantitative estimate of drug-likeness (QED) is 0.437. The maximum Gasteiger partial charge on any atom is 0.331 e. The van der Waals surface area contributed by atoms with Crippen molar-refractivity contribution in [3.8, 4) is 0 Å². The van der Waals surface area contributed by atoms with Crippen LogP contribution in [0.5, 0.6) is 0 Å². The molecular weight excluding hydrogens is 174 g/mol. The summed E-state index contributed by atoms with van der Waals surface area (Å²) in [6.07, 6.45) is 1.72. The average molecular weight is 183 g/mol. The number of hydrazine groups is 1. The molecule has 0 radical (unpaired) electrons. The third-order valence-electron chi connectivity index (χ3n) is 1.01. The molecule has 0 aromatic carbocycles. The number of imide groups is 1. The van der Waals surface area contributed by atoms with E-state index in [0.29, 0.717) is 5.01 Å². The van der Waals surface area contributed by atoms with Gasteiger partial charge in [0.05, 0.1) is 0 Å². The van der Waals surface area contributed by atoms with Crippen molar-refractivity contribution >= 4 is 17.8 Å². The van der Waals surface area contributed by atoms with E-state index in [1.54, 1.807) is 0 Å². The number of carbonyl (C=O) groups excluding carboxylic acids is 3. The van der Waals surface area contributed by atoms with Gasteiger partial charge in [0.2, 0.25) is 0 Å². The summed E-state index contributed by atoms with van der Waals surface area (Å²) in [5.41, 5.74) is 6.53. The fourth-order valence-electron chi connectivity index (χ4n) is 0.512. The highest BCUT2D eigenvalue weighted by molar-refractivity contribution is 6.05. The highest BCUT2D eigenvalue weighted by Gasteiger charge is 2.17. The molecule has 0 fully saturated rings. The topological polar surface area (TPSA) is 92.5 Å². The number of nitrogens with zero attached hydrogens (tertiary/aromatic N) is 1. The molecule has 4 amide bonds. The van der Waals surface area contributed by atoms with Crippen LogP contribution in [0, 0.1) is 0 Å². The Labute approximate surface area is 74.7 Å². The second-order valence-corrected chi connectivity index (χ2v) is 1.90. The van der Waals surface area contributed by atoms with E-state index in [4.69, 9.17) is 5.73 Å². The number of nitrogens with two attached hydrogens (primary N) is 1. The van der Waals surface area contributed by atoms with Gasteiger partial charge in [-0.1, -0.05) is 13.2 Å². The van der Waals surface area contributed by atoms with E-state index in [2.05, 4.69) is 13.2 Å². The van der Waals surface area contributed by atoms with Crippen LogP contribution in [0.3, 0.4) is 0 Å². The molecule has 0 spiro atoms. The van der Waals surface area contributed by atoms with Gasteiger partial charge < -0.3 is 5.73 Å². The fourth-order valence-corrected chi connectivity index (χ4v) is 0.512. The van der Waals surface area contributed by atoms with Crippen molar-refractivity contribution in [1.29, 1.82) is 0 Å². The first-order valence-corrected chi connectivity index (χ1v) is 3.22. The summed E-state index contributed by atoms with van der Waals surface area (Å²) in [4.78, 5) is 32.2. The molecule has 0 aliphatic heterocycles. The Kier molecular flexibility index (Phi) is 3.94. The lowest BCUT2D eigenvalue weighted by atomic mass is 10.5. The summed E-state index contributed by atoms with van der Waals surface area (Å²) in [6.45, 7) is 6.27. The van der Waals surface area contributed by atoms with E-state index >= 15 is 0 Å². The molecule has 0 atom stereocenters. The number of carbonyl (C=O) groups is 3. The standard InChI is InChI=1S/C7H9N3O3/c1-3-5(11)10(6(12)4-2)9-7(8)13/h3-4H,1-2H2,(H3,8,9,13). The van der Waals surface area contributed by atoms with Gasteiger partial charge in [-0.05, 0) is 12.2 Å². The van der Waals surface area contributed by atoms with Crippen molar-refractivity contribution in [3.05, 3.63) is 25.3 Å². The number of amides is 4. The largest absolute Gasteiger partial charge is 0.350 e. The van der Waals surface area contributed by atoms with Crippen LogP contribution in [-0.2, 0) is 9.59 Å². The van der Waals surface area contributed by atoms with Gasteiger partial charge in [-0.3, -0.25) is 9.59 Å². The summed E-state index contributed by atoms with van der Waals surface area (Å²) in [6, 6.07) is -1.02. The second-order valence-electron chi connectivity index (χ2n) is 1.90. The molecule has 6 heteroatoms. The van der Waals surface area contributed by atoms with E-state index in [1.807, 2.05) is 5.43 Å². The Balaban J connectivity index is 4.63. The maximum absolute atomic E-state index is 10.9. The lowest BCUT2D eigenvalue weighted by Gasteiger charge is -2.16. The van der Waals surface area contributed by atoms with Crippen LogP contribution in [0.15, 0.2) is 25.3 Å². The molecular formula is C7H9N3O3. The average Bonchev–Trinajstić information content (AvgIpc) is 2.11. The normalized spacial score (nSPS) is 8.31. The zero-order valence-electron chi connectivity index (χ0n) is 6.82. The predicted molar refractivity (Wildman–Crippen MR) is 45.0 cm³/mol. The van der Waals surface area contributed by atoms with Gasteiger partial charge >= 0.3 is 6.03 Å². The molecule has 0 aliphatic rings. The minimum absolute atomic E-state index is 0.405. The first kappa shape index (κ1) is 10.9. The summed E-state index contributed by atoms with van der Waals surface area (Å²) < 4.78 is 0. The van der Waals surface area contributed by atoms with E-state index in [0.717, 1.165) is 12.2 Å². The molecule has 0 aromatic heterocycles. The van der Waals surface area contributed by atoms with E-state index in [9.17, 15) is 14.4 Å². The number of hydrogen-bond donors (Lipinski definition) is 2. The van der Waals surface area contributed by atoms with Gasteiger partial charge in [-0.2, -0.15) is 5.01 Å². The zero-order valence-corrected chi connectivity index (χ0v) is 6.82. The minimum atomic E-state index is -1.02. The van der Waals surface area contributed by atoms with Crippen molar-refractivity contribution in [1.82, 2.24) is 10.4 Å². The van der Waals surface area contributed by atoms with Crippen molar-refractivity contribution in [2.24, 2.45) is 5.73 Å². The predicted octanol–water partition coefficient (Wildman–Crippen LogP) is -0.703. The lowest BCUT2D eigenvalue weighted by molar-refractivity contribution is -0.141. The Morgan fingerprint density at radius 2 is 1.54 bits per heavy atom. The molecule has 0 unspecified atom stereocenters. The SMILES string of the molecule is C=CC(=O)N(NC(N)=O)C(=O)C=C. The Morgan fingerprint density at radius 3 is 1.77 bits per heavy atom. The monoisotopic (exact) mass is 183 g/mol. The molecule has 0 heterocycles. The summed E-state index contributed by atoms with van der Waals surface area (Å²) in [5.74, 6) is -1.58. The third-order valence-corrected chi connectivity index (χ3v) is 1.01. The summed E-state index contributed by atoms with van der Waals surface area (Å²) >= 11 is 0. The number of urea groups is 1. The second kappa shape index (κ2) is 4.70. The van der Waals surface area contributed by atoms with E-state index in [-0.39, 0.29) is 0 Å². The first-order chi connectivity index (χ1) is 6.02. The van der Waals surface area contributed by atoms with E-state index in [1.165, 1.54) is 0 Å². The zero-order chi connectivity index (χ0) is 10.4. The van der Waals surface area contributed by atoms with Crippen LogP contribution in [0.1, 0.15) is 0 Å². The van der Waals surface area contributed by atoms with Crippen LogP contribution in [0.25, 0.3) is 0 Å². The van der Waals surface area contributed by atoms with Gasteiger partial charge in [0.1, 0.15) is 0 Å². The first-order valence-electron chi connectivity index (χ1n) is 3.22. The fraction of sp³-hybridized carbons (Fsp3) is 0. The minimum Gasteiger partial charge on any atom is -0.350 e. The molecule has 13 heavy (non-hydrogen) atoms. The highest BCUT2D eigenvalue weighted by atomic mass is 16.2. The molecule has 70 valence electrons. The molecule has 0 bridgehead atoms. The van der Waals surface area contributed by atoms with Crippen molar-refractivity contribution in [2.75, 3.05) is 0 Å². The molecule has 0 saturated carbocycles. The van der Waals surface area contributed by atoms with Crippen molar-refractivity contribution in [2.45, 2.75) is 0 Å². The summed E-state index contributed by atoms with van der Waals surface area (Å²) in [5, 5.41) is 0.405. The van der Waals surface area contributed by atoms with Gasteiger partial charge in [0.15, 0.2) is 0 Å². The third kappa shape index (κ3) is 3.19. The maximum atomic E-state index is 10.9. The Hall–Kier alpha value is -2.11. The van der Waals surface area contributed by atoms with Crippen LogP contribution >= 0.6 is 0 Å². The van der Waals surface area contributed by atoms with Crippen molar-refractivity contribution < 1.29 is 14.4 Å². The molecule has 0 aromatic rings. The number of rotatable bonds is 2. The Morgan fingerprint density at radius 1 is 1.15 bits per heavy atom. The Bertz CT molecular complexity index is 252. The van der Waals surface area contributed by atoms with Gasteiger partial charge in [0.25, 0.3) is 11.8 Å². The number of nitrogens with one attached hydrogen (secondary N) is 1. The molecule has 6 nitrogen and oxygen atoms in total. The van der Waals surface area contributed by atoms with Crippen molar-refractivity contribution in [3.63, 3.8) is 0 Å². The van der Waals surface area contributed by atoms with Crippen LogP contribution in [0.2, 0.25) is 0 Å². The van der Waals surface area contributed by atoms with Gasteiger partial charge in [-0.25, -0.2) is 10.2 Å². The molecule has 3 N–H and O–H groups in total. The number of hydrogen-bond acceptors (Lipinski definition) is 3. The molecule has 0 saturated heterocycles. The molecule has 0 aliphatic carbocycles. The smallest absolute Gasteiger partial charge is 0.331 e. The van der Waals surface area contributed by atoms with Crippen LogP contribution in [-0.4, -0.2) is 22.9 Å². The van der Waals surface area contributed by atoms with Gasteiger partial charge in [-0.15, -0.1) is 0 Å². The van der Waals surface area contributed by atoms with E-state index < -0.39 is 17.8 Å². The van der Waals surface area contributed by atoms with Crippen LogP contribution in [0.4, 0.5) is 4.79 Å². The van der Waals surface area contributed by atoms with Crippen LogP contribution < -0.4 is 11.2 Å². The number of primary amides is 1. The molecule has 0 rings (SSSR count). The van der Waals surface area contributed by atoms with Gasteiger partial charge in [0, 0.05) is 0 Å².